The zero-order chi connectivity index (χ0) is 24.7. The first-order valence-corrected chi connectivity index (χ1v) is 12.2. The molecule has 4 rings (SSSR count). The molecule has 3 aromatic rings. The summed E-state index contributed by atoms with van der Waals surface area (Å²) in [5, 5.41) is 0.198. The van der Waals surface area contributed by atoms with E-state index in [1.807, 2.05) is 0 Å². The number of benzene rings is 3. The van der Waals surface area contributed by atoms with Crippen LogP contribution in [0.1, 0.15) is 28.7 Å². The quantitative estimate of drug-likeness (QED) is 0.365. The van der Waals surface area contributed by atoms with Crippen molar-refractivity contribution in [2.24, 2.45) is 0 Å². The normalized spacial score (nSPS) is 14.1. The van der Waals surface area contributed by atoms with E-state index < -0.39 is 32.5 Å². The fraction of sp³-hybridized carbons (Fsp3) is 0.250. The van der Waals surface area contributed by atoms with E-state index in [0.717, 1.165) is 28.1 Å². The number of halogens is 5. The Kier molecular flexibility index (Phi) is 6.52. The van der Waals surface area contributed by atoms with Gasteiger partial charge >= 0.3 is 6.18 Å². The monoisotopic (exact) mass is 513 g/mol. The molecule has 0 unspecified atom stereocenters. The van der Waals surface area contributed by atoms with Gasteiger partial charge in [-0.1, -0.05) is 29.8 Å². The summed E-state index contributed by atoms with van der Waals surface area (Å²) in [5.41, 5.74) is 0.888. The van der Waals surface area contributed by atoms with Crippen LogP contribution in [-0.4, -0.2) is 15.0 Å². The summed E-state index contributed by atoms with van der Waals surface area (Å²) in [7, 11) is -4.27. The number of anilines is 1. The predicted molar refractivity (Wildman–Crippen MR) is 121 cm³/mol. The largest absolute Gasteiger partial charge is 0.488 e. The molecule has 0 aliphatic carbocycles. The van der Waals surface area contributed by atoms with E-state index in [0.29, 0.717) is 35.9 Å². The number of nitrogens with zero attached hydrogens (tertiary/aromatic N) is 1. The Bertz CT molecular complexity index is 1320. The predicted octanol–water partition coefficient (Wildman–Crippen LogP) is 6.53. The van der Waals surface area contributed by atoms with E-state index in [-0.39, 0.29) is 23.7 Å². The van der Waals surface area contributed by atoms with Crippen LogP contribution in [0.5, 0.6) is 5.75 Å². The first-order chi connectivity index (χ1) is 16.0. The summed E-state index contributed by atoms with van der Waals surface area (Å²) in [6.45, 7) is 1.71. The molecule has 0 saturated carbocycles. The summed E-state index contributed by atoms with van der Waals surface area (Å²) >= 11 is 6.06. The van der Waals surface area contributed by atoms with Gasteiger partial charge < -0.3 is 4.74 Å². The van der Waals surface area contributed by atoms with Crippen molar-refractivity contribution in [1.82, 2.24) is 0 Å². The fourth-order valence-electron chi connectivity index (χ4n) is 3.89. The van der Waals surface area contributed by atoms with Crippen molar-refractivity contribution in [3.8, 4) is 5.75 Å². The topological polar surface area (TPSA) is 46.6 Å². The Labute approximate surface area is 199 Å². The third kappa shape index (κ3) is 4.72. The molecule has 1 aliphatic rings. The Balaban J connectivity index is 1.70. The van der Waals surface area contributed by atoms with Crippen LogP contribution < -0.4 is 9.04 Å². The third-order valence-corrected chi connectivity index (χ3v) is 7.80. The van der Waals surface area contributed by atoms with Gasteiger partial charge in [0.15, 0.2) is 0 Å². The lowest BCUT2D eigenvalue weighted by Crippen LogP contribution is -2.35. The molecule has 1 aliphatic heterocycles. The number of rotatable bonds is 5. The lowest BCUT2D eigenvalue weighted by Gasteiger charge is -2.31. The first kappa shape index (κ1) is 24.3. The Morgan fingerprint density at radius 1 is 1.09 bits per heavy atom. The summed E-state index contributed by atoms with van der Waals surface area (Å²) < 4.78 is 87.2. The number of hydrogen-bond acceptors (Lipinski definition) is 3. The number of alkyl halides is 3. The smallest absolute Gasteiger partial charge is 0.416 e. The van der Waals surface area contributed by atoms with E-state index in [1.54, 1.807) is 13.0 Å². The summed E-state index contributed by atoms with van der Waals surface area (Å²) in [5.74, 6) is -0.207. The molecular formula is C24H20ClF4NO3S. The van der Waals surface area contributed by atoms with Crippen LogP contribution in [-0.2, 0) is 29.2 Å². The minimum absolute atomic E-state index is 0.104. The molecule has 0 spiro atoms. The molecule has 3 aromatic carbocycles. The average molecular weight is 514 g/mol. The van der Waals surface area contributed by atoms with Crippen molar-refractivity contribution in [2.75, 3.05) is 10.8 Å². The van der Waals surface area contributed by atoms with Gasteiger partial charge in [0.05, 0.1) is 21.2 Å². The standard InChI is InChI=1S/C24H20ClF4NO3S/c1-15-11-16-5-4-10-30(34(31,32)18-7-2-6-17(12-18)24(27,28)29)22(16)13-23(15)33-14-19-20(25)8-3-9-21(19)26/h2-3,6-9,11-13H,4-5,10,14H2,1H3. The molecular weight excluding hydrogens is 494 g/mol. The molecule has 0 saturated heterocycles. The van der Waals surface area contributed by atoms with E-state index in [9.17, 15) is 26.0 Å². The van der Waals surface area contributed by atoms with Crippen LogP contribution >= 0.6 is 11.6 Å². The van der Waals surface area contributed by atoms with Crippen LogP contribution in [0.4, 0.5) is 23.2 Å². The molecule has 34 heavy (non-hydrogen) atoms. The zero-order valence-electron chi connectivity index (χ0n) is 18.0. The van der Waals surface area contributed by atoms with E-state index in [1.165, 1.54) is 24.3 Å². The van der Waals surface area contributed by atoms with Gasteiger partial charge in [-0.3, -0.25) is 4.31 Å². The highest BCUT2D eigenvalue weighted by molar-refractivity contribution is 7.92. The Morgan fingerprint density at radius 3 is 2.53 bits per heavy atom. The maximum absolute atomic E-state index is 14.1. The molecule has 4 nitrogen and oxygen atoms in total. The average Bonchev–Trinajstić information content (AvgIpc) is 2.78. The minimum atomic E-state index is -4.67. The second-order valence-corrected chi connectivity index (χ2v) is 10.2. The number of hydrogen-bond donors (Lipinski definition) is 0. The van der Waals surface area contributed by atoms with Crippen molar-refractivity contribution < 1.29 is 30.7 Å². The van der Waals surface area contributed by atoms with Crippen molar-refractivity contribution in [2.45, 2.75) is 37.4 Å². The second-order valence-electron chi connectivity index (χ2n) is 7.94. The van der Waals surface area contributed by atoms with Crippen molar-refractivity contribution in [3.63, 3.8) is 0 Å². The van der Waals surface area contributed by atoms with E-state index in [2.05, 4.69) is 0 Å². The maximum atomic E-state index is 14.1. The molecule has 0 bridgehead atoms. The molecule has 0 fully saturated rings. The van der Waals surface area contributed by atoms with Gasteiger partial charge in [0.2, 0.25) is 0 Å². The third-order valence-electron chi connectivity index (χ3n) is 5.64. The molecule has 0 amide bonds. The van der Waals surface area contributed by atoms with Crippen molar-refractivity contribution in [3.05, 3.63) is 87.7 Å². The van der Waals surface area contributed by atoms with Gasteiger partial charge in [-0.15, -0.1) is 0 Å². The second kappa shape index (κ2) is 9.11. The SMILES string of the molecule is Cc1cc2c(cc1OCc1c(F)cccc1Cl)N(S(=O)(=O)c1cccc(C(F)(F)F)c1)CCC2. The summed E-state index contributed by atoms with van der Waals surface area (Å²) in [6, 6.07) is 11.3. The van der Waals surface area contributed by atoms with Gasteiger partial charge in [0, 0.05) is 18.2 Å². The molecule has 1 heterocycles. The van der Waals surface area contributed by atoms with Crippen molar-refractivity contribution >= 4 is 27.3 Å². The molecule has 0 N–H and O–H groups in total. The van der Waals surface area contributed by atoms with Crippen LogP contribution in [0.3, 0.4) is 0 Å². The van der Waals surface area contributed by atoms with Gasteiger partial charge in [0.25, 0.3) is 10.0 Å². The number of fused-ring (bicyclic) bond motifs is 1. The molecule has 10 heteroatoms. The van der Waals surface area contributed by atoms with E-state index >= 15 is 0 Å². The number of sulfonamides is 1. The van der Waals surface area contributed by atoms with Crippen LogP contribution in [0.2, 0.25) is 5.02 Å². The molecule has 0 radical (unpaired) electrons. The highest BCUT2D eigenvalue weighted by Gasteiger charge is 2.34. The van der Waals surface area contributed by atoms with Crippen molar-refractivity contribution in [1.29, 1.82) is 0 Å². The highest BCUT2D eigenvalue weighted by atomic mass is 35.5. The molecule has 180 valence electrons. The highest BCUT2D eigenvalue weighted by Crippen LogP contribution is 2.38. The molecule has 0 aromatic heterocycles. The summed E-state index contributed by atoms with van der Waals surface area (Å²) in [6.07, 6.45) is -3.56. The van der Waals surface area contributed by atoms with Crippen LogP contribution in [0.25, 0.3) is 0 Å². The Hall–Kier alpha value is -2.78. The number of aryl methyl sites for hydroxylation is 2. The summed E-state index contributed by atoms with van der Waals surface area (Å²) in [4.78, 5) is -0.448. The van der Waals surface area contributed by atoms with Crippen LogP contribution in [0.15, 0.2) is 59.5 Å². The Morgan fingerprint density at radius 2 is 1.82 bits per heavy atom. The minimum Gasteiger partial charge on any atom is -0.488 e. The molecule has 0 atom stereocenters. The van der Waals surface area contributed by atoms with E-state index in [4.69, 9.17) is 16.3 Å². The lowest BCUT2D eigenvalue weighted by atomic mass is 10.0. The van der Waals surface area contributed by atoms with Gasteiger partial charge in [-0.25, -0.2) is 12.8 Å². The number of ether oxygens (including phenoxy) is 1. The lowest BCUT2D eigenvalue weighted by molar-refractivity contribution is -0.137. The van der Waals surface area contributed by atoms with Gasteiger partial charge in [-0.05, 0) is 61.2 Å². The van der Waals surface area contributed by atoms with Gasteiger partial charge in [0.1, 0.15) is 18.2 Å². The first-order valence-electron chi connectivity index (χ1n) is 10.4. The van der Waals surface area contributed by atoms with Gasteiger partial charge in [-0.2, -0.15) is 13.2 Å². The maximum Gasteiger partial charge on any atom is 0.416 e. The van der Waals surface area contributed by atoms with Crippen LogP contribution in [0, 0.1) is 12.7 Å². The fourth-order valence-corrected chi connectivity index (χ4v) is 5.69. The zero-order valence-corrected chi connectivity index (χ0v) is 19.6.